The summed E-state index contributed by atoms with van der Waals surface area (Å²) in [5.41, 5.74) is 2.17. The molecule has 1 aliphatic rings. The molecular weight excluding hydrogens is 478 g/mol. The molecule has 5 rings (SSSR count). The molecule has 1 fully saturated rings. The lowest BCUT2D eigenvalue weighted by molar-refractivity contribution is 0.0307. The number of piperidine rings is 1. The predicted octanol–water partition coefficient (Wildman–Crippen LogP) is 3.75. The molecule has 0 spiro atoms. The third-order valence-electron chi connectivity index (χ3n) is 6.46. The van der Waals surface area contributed by atoms with Gasteiger partial charge in [-0.3, -0.25) is 9.36 Å². The number of ether oxygens (including phenoxy) is 1. The van der Waals surface area contributed by atoms with Crippen LogP contribution in [0.3, 0.4) is 0 Å². The van der Waals surface area contributed by atoms with Gasteiger partial charge in [0.25, 0.3) is 5.56 Å². The first-order valence-electron chi connectivity index (χ1n) is 12.1. The van der Waals surface area contributed by atoms with E-state index < -0.39 is 11.2 Å². The van der Waals surface area contributed by atoms with E-state index >= 15 is 0 Å². The van der Waals surface area contributed by atoms with Crippen molar-refractivity contribution >= 4 is 22.8 Å². The van der Waals surface area contributed by atoms with Crippen LogP contribution in [-0.4, -0.2) is 50.7 Å². The van der Waals surface area contributed by atoms with Gasteiger partial charge in [0.1, 0.15) is 17.6 Å². The first-order valence-corrected chi connectivity index (χ1v) is 12.6. The van der Waals surface area contributed by atoms with E-state index in [4.69, 9.17) is 16.3 Å². The monoisotopic (exact) mass is 509 g/mol. The van der Waals surface area contributed by atoms with Gasteiger partial charge in [-0.05, 0) is 43.5 Å². The number of fused-ring (bicyclic) bond motifs is 1. The molecule has 0 bridgehead atoms. The third kappa shape index (κ3) is 5.95. The summed E-state index contributed by atoms with van der Waals surface area (Å²) in [5.74, 6) is 0.647. The number of benzene rings is 2. The molecule has 3 heterocycles. The standard InChI is InChI=1S/C20H25NO.C7H7ClN4O2/c1-21-14-8-9-17(15-21)16-22-20(18-10-4-2-5-11-18)19-12-6-3-7-13-19;1-11-5-4(9-3-10-5)6(13)12(2-8)7(11)14/h2-7,10-13,17,20H,8-9,14-16H2,1H3;3H,2H2,1H3,(H,9,10). The van der Waals surface area contributed by atoms with Crippen LogP contribution in [0, 0.1) is 5.92 Å². The quantitative estimate of drug-likeness (QED) is 0.400. The fraction of sp³-hybridized carbons (Fsp3) is 0.370. The van der Waals surface area contributed by atoms with Crippen LogP contribution in [0.25, 0.3) is 11.2 Å². The first kappa shape index (κ1) is 25.9. The number of hydrogen-bond donors (Lipinski definition) is 1. The van der Waals surface area contributed by atoms with E-state index in [1.165, 1.54) is 48.5 Å². The Morgan fingerprint density at radius 1 is 1.06 bits per heavy atom. The van der Waals surface area contributed by atoms with Crippen molar-refractivity contribution in [3.05, 3.63) is 99.0 Å². The number of likely N-dealkylation sites (tertiary alicyclic amines) is 1. The molecule has 2 aromatic heterocycles. The summed E-state index contributed by atoms with van der Waals surface area (Å²) in [4.78, 5) is 32.1. The van der Waals surface area contributed by atoms with Gasteiger partial charge in [-0.15, -0.1) is 11.6 Å². The van der Waals surface area contributed by atoms with Crippen molar-refractivity contribution in [2.45, 2.75) is 24.9 Å². The minimum absolute atomic E-state index is 0.0367. The summed E-state index contributed by atoms with van der Waals surface area (Å²) in [6.07, 6.45) is 3.96. The van der Waals surface area contributed by atoms with Gasteiger partial charge < -0.3 is 14.6 Å². The topological polar surface area (TPSA) is 85.1 Å². The number of alkyl halides is 1. The second-order valence-electron chi connectivity index (χ2n) is 9.10. The number of imidazole rings is 1. The number of nitrogens with zero attached hydrogens (tertiary/aromatic N) is 4. The van der Waals surface area contributed by atoms with Gasteiger partial charge >= 0.3 is 5.69 Å². The second kappa shape index (κ2) is 12.2. The number of hydrogen-bond acceptors (Lipinski definition) is 5. The van der Waals surface area contributed by atoms with Crippen molar-refractivity contribution in [2.24, 2.45) is 13.0 Å². The lowest BCUT2D eigenvalue weighted by atomic mass is 9.98. The number of nitrogens with one attached hydrogen (secondary N) is 1. The Labute approximate surface area is 215 Å². The Kier molecular flexibility index (Phi) is 8.74. The summed E-state index contributed by atoms with van der Waals surface area (Å²) >= 11 is 5.49. The number of rotatable bonds is 6. The highest BCUT2D eigenvalue weighted by atomic mass is 35.5. The average molecular weight is 510 g/mol. The highest BCUT2D eigenvalue weighted by Gasteiger charge is 2.21. The predicted molar refractivity (Wildman–Crippen MR) is 142 cm³/mol. The van der Waals surface area contributed by atoms with Crippen LogP contribution in [0.2, 0.25) is 0 Å². The van der Waals surface area contributed by atoms with Crippen LogP contribution < -0.4 is 11.2 Å². The normalized spacial score (nSPS) is 16.2. The maximum Gasteiger partial charge on any atom is 0.333 e. The number of aryl methyl sites for hydroxylation is 1. The largest absolute Gasteiger partial charge is 0.368 e. The smallest absolute Gasteiger partial charge is 0.333 e. The van der Waals surface area contributed by atoms with Crippen LogP contribution >= 0.6 is 11.6 Å². The molecule has 1 atom stereocenters. The Morgan fingerprint density at radius 3 is 2.28 bits per heavy atom. The molecule has 9 heteroatoms. The number of aromatic amines is 1. The molecular formula is C27H32ClN5O3. The second-order valence-corrected chi connectivity index (χ2v) is 9.34. The maximum absolute atomic E-state index is 11.6. The fourth-order valence-corrected chi connectivity index (χ4v) is 4.79. The molecule has 36 heavy (non-hydrogen) atoms. The third-order valence-corrected chi connectivity index (χ3v) is 6.70. The zero-order valence-corrected chi connectivity index (χ0v) is 21.4. The Morgan fingerprint density at radius 2 is 1.69 bits per heavy atom. The van der Waals surface area contributed by atoms with Crippen LogP contribution in [-0.2, 0) is 17.8 Å². The molecule has 0 saturated carbocycles. The molecule has 190 valence electrons. The molecule has 0 amide bonds. The molecule has 0 aliphatic carbocycles. The van der Waals surface area contributed by atoms with Crippen molar-refractivity contribution in [1.82, 2.24) is 24.0 Å². The SMILES string of the molecule is CN1CCCC(COC(c2ccccc2)c2ccccc2)C1.Cn1c(=O)n(CCl)c(=O)c2[nH]cnc21. The van der Waals surface area contributed by atoms with E-state index in [0.717, 1.165) is 17.7 Å². The summed E-state index contributed by atoms with van der Waals surface area (Å²) in [7, 11) is 3.74. The Hall–Kier alpha value is -3.20. The van der Waals surface area contributed by atoms with E-state index in [-0.39, 0.29) is 17.6 Å². The molecule has 1 N–H and O–H groups in total. The first-order chi connectivity index (χ1) is 17.5. The Balaban J connectivity index is 0.000000187. The van der Waals surface area contributed by atoms with Crippen LogP contribution in [0.5, 0.6) is 0 Å². The van der Waals surface area contributed by atoms with Crippen LogP contribution in [0.1, 0.15) is 30.1 Å². The Bertz CT molecular complexity index is 1330. The summed E-state index contributed by atoms with van der Waals surface area (Å²) in [6.45, 7) is 3.20. The highest BCUT2D eigenvalue weighted by Crippen LogP contribution is 2.27. The van der Waals surface area contributed by atoms with E-state index in [1.54, 1.807) is 0 Å². The van der Waals surface area contributed by atoms with Crippen LogP contribution in [0.15, 0.2) is 76.6 Å². The number of aromatic nitrogens is 4. The van der Waals surface area contributed by atoms with Crippen molar-refractivity contribution in [1.29, 1.82) is 0 Å². The summed E-state index contributed by atoms with van der Waals surface area (Å²) in [5, 5.41) is 0. The molecule has 1 unspecified atom stereocenters. The van der Waals surface area contributed by atoms with Gasteiger partial charge in [0.15, 0.2) is 5.65 Å². The van der Waals surface area contributed by atoms with Gasteiger partial charge in [0, 0.05) is 13.6 Å². The lowest BCUT2D eigenvalue weighted by Crippen LogP contribution is -2.38. The van der Waals surface area contributed by atoms with Crippen molar-refractivity contribution < 1.29 is 4.74 Å². The summed E-state index contributed by atoms with van der Waals surface area (Å²) in [6, 6.07) is 20.9. The van der Waals surface area contributed by atoms with E-state index in [2.05, 4.69) is 82.6 Å². The van der Waals surface area contributed by atoms with E-state index in [9.17, 15) is 9.59 Å². The maximum atomic E-state index is 11.6. The van der Waals surface area contributed by atoms with Gasteiger partial charge in [-0.2, -0.15) is 0 Å². The van der Waals surface area contributed by atoms with Crippen LogP contribution in [0.4, 0.5) is 0 Å². The van der Waals surface area contributed by atoms with Crippen molar-refractivity contribution in [3.63, 3.8) is 0 Å². The van der Waals surface area contributed by atoms with E-state index in [1.807, 2.05) is 0 Å². The average Bonchev–Trinajstić information content (AvgIpc) is 3.40. The van der Waals surface area contributed by atoms with Gasteiger partial charge in [-0.25, -0.2) is 14.3 Å². The minimum atomic E-state index is -0.468. The van der Waals surface area contributed by atoms with Gasteiger partial charge in [0.2, 0.25) is 0 Å². The molecule has 4 aromatic rings. The fourth-order valence-electron chi connectivity index (χ4n) is 4.58. The highest BCUT2D eigenvalue weighted by molar-refractivity contribution is 6.15. The zero-order chi connectivity index (χ0) is 25.5. The molecule has 1 saturated heterocycles. The van der Waals surface area contributed by atoms with Crippen molar-refractivity contribution in [2.75, 3.05) is 26.7 Å². The molecule has 1 aliphatic heterocycles. The minimum Gasteiger partial charge on any atom is -0.368 e. The molecule has 8 nitrogen and oxygen atoms in total. The van der Waals surface area contributed by atoms with Crippen molar-refractivity contribution in [3.8, 4) is 0 Å². The van der Waals surface area contributed by atoms with Gasteiger partial charge in [0.05, 0.1) is 12.9 Å². The molecule has 2 aromatic carbocycles. The molecule has 0 radical (unpaired) electrons. The van der Waals surface area contributed by atoms with E-state index in [0.29, 0.717) is 11.6 Å². The lowest BCUT2D eigenvalue weighted by Gasteiger charge is -2.31. The number of H-pyrrole nitrogens is 1. The van der Waals surface area contributed by atoms with Gasteiger partial charge in [-0.1, -0.05) is 60.7 Å². The number of halogens is 1. The summed E-state index contributed by atoms with van der Waals surface area (Å²) < 4.78 is 8.58. The zero-order valence-electron chi connectivity index (χ0n) is 20.6.